The van der Waals surface area contributed by atoms with Crippen LogP contribution in [-0.2, 0) is 6.54 Å². The molecule has 0 saturated carbocycles. The lowest BCUT2D eigenvalue weighted by Crippen LogP contribution is -2.26. The molecular weight excluding hydrogens is 332 g/mol. The van der Waals surface area contributed by atoms with Crippen molar-refractivity contribution in [1.82, 2.24) is 10.1 Å². The van der Waals surface area contributed by atoms with Crippen LogP contribution >= 0.6 is 0 Å². The summed E-state index contributed by atoms with van der Waals surface area (Å²) in [5, 5.41) is 4.00. The number of rotatable bonds is 4. The highest BCUT2D eigenvalue weighted by Crippen LogP contribution is 2.37. The molecule has 0 aliphatic carbocycles. The van der Waals surface area contributed by atoms with E-state index in [-0.39, 0.29) is 12.7 Å². The maximum atomic E-state index is 13.0. The van der Waals surface area contributed by atoms with Crippen LogP contribution in [0.1, 0.15) is 21.6 Å². The number of carbonyl (C=O) groups excluding carboxylic acids is 1. The van der Waals surface area contributed by atoms with Crippen LogP contribution in [0.15, 0.2) is 53.1 Å². The summed E-state index contributed by atoms with van der Waals surface area (Å²) in [6, 6.07) is 15.3. The minimum absolute atomic E-state index is 0.139. The number of hydrogen-bond acceptors (Lipinski definition) is 5. The number of aryl methyl sites for hydroxylation is 1. The summed E-state index contributed by atoms with van der Waals surface area (Å²) in [7, 11) is 1.77. The van der Waals surface area contributed by atoms with Gasteiger partial charge in [-0.3, -0.25) is 4.79 Å². The summed E-state index contributed by atoms with van der Waals surface area (Å²) < 4.78 is 16.2. The summed E-state index contributed by atoms with van der Waals surface area (Å²) in [6.45, 7) is 2.47. The molecule has 1 amide bonds. The van der Waals surface area contributed by atoms with Crippen LogP contribution in [0.3, 0.4) is 0 Å². The van der Waals surface area contributed by atoms with E-state index in [2.05, 4.69) is 5.16 Å². The van der Waals surface area contributed by atoms with Crippen LogP contribution in [0.25, 0.3) is 11.3 Å². The Bertz CT molecular complexity index is 950. The highest BCUT2D eigenvalue weighted by atomic mass is 16.7. The highest BCUT2D eigenvalue weighted by Gasteiger charge is 2.26. The minimum atomic E-state index is -0.139. The monoisotopic (exact) mass is 350 g/mol. The zero-order valence-corrected chi connectivity index (χ0v) is 14.6. The number of nitrogens with zero attached hydrogens (tertiary/aromatic N) is 2. The molecular formula is C20H18N2O4. The Labute approximate surface area is 150 Å². The van der Waals surface area contributed by atoms with Crippen molar-refractivity contribution in [2.75, 3.05) is 13.8 Å². The minimum Gasteiger partial charge on any atom is -0.454 e. The topological polar surface area (TPSA) is 64.8 Å². The molecule has 0 unspecified atom stereocenters. The molecule has 0 bridgehead atoms. The Hall–Kier alpha value is -3.28. The Balaban J connectivity index is 1.65. The number of benzene rings is 2. The maximum absolute atomic E-state index is 13.0. The van der Waals surface area contributed by atoms with Crippen LogP contribution in [0.4, 0.5) is 0 Å². The molecule has 2 aromatic carbocycles. The van der Waals surface area contributed by atoms with E-state index in [1.807, 2.05) is 36.4 Å². The van der Waals surface area contributed by atoms with Gasteiger partial charge < -0.3 is 18.9 Å². The van der Waals surface area contributed by atoms with Gasteiger partial charge in [0.25, 0.3) is 5.91 Å². The molecule has 4 rings (SSSR count). The van der Waals surface area contributed by atoms with Crippen molar-refractivity contribution in [1.29, 1.82) is 0 Å². The van der Waals surface area contributed by atoms with E-state index in [0.29, 0.717) is 35.1 Å². The van der Waals surface area contributed by atoms with E-state index in [1.165, 1.54) is 0 Å². The van der Waals surface area contributed by atoms with Crippen LogP contribution in [0.5, 0.6) is 11.5 Å². The lowest BCUT2D eigenvalue weighted by Gasteiger charge is -2.17. The third-order valence-electron chi connectivity index (χ3n) is 4.32. The van der Waals surface area contributed by atoms with Gasteiger partial charge in [0.15, 0.2) is 17.3 Å². The van der Waals surface area contributed by atoms with Gasteiger partial charge in [0.05, 0.1) is 5.69 Å². The number of amides is 1. The second-order valence-electron chi connectivity index (χ2n) is 6.19. The fraction of sp³-hybridized carbons (Fsp3) is 0.200. The SMILES string of the molecule is Cc1noc(-c2ccc3c(c2)OCO3)c1C(=O)N(C)Cc1ccccc1. The fourth-order valence-electron chi connectivity index (χ4n) is 2.98. The average Bonchev–Trinajstić information content (AvgIpc) is 3.27. The van der Waals surface area contributed by atoms with Crippen LogP contribution < -0.4 is 9.47 Å². The van der Waals surface area contributed by atoms with Gasteiger partial charge in [-0.15, -0.1) is 0 Å². The first-order chi connectivity index (χ1) is 12.6. The van der Waals surface area contributed by atoms with Crippen molar-refractivity contribution in [2.24, 2.45) is 0 Å². The Morgan fingerprint density at radius 3 is 2.69 bits per heavy atom. The molecule has 1 aromatic heterocycles. The Morgan fingerprint density at radius 2 is 1.88 bits per heavy atom. The van der Waals surface area contributed by atoms with Gasteiger partial charge in [-0.05, 0) is 30.7 Å². The normalized spacial score (nSPS) is 12.2. The number of aromatic nitrogens is 1. The summed E-state index contributed by atoms with van der Waals surface area (Å²) in [4.78, 5) is 14.7. The van der Waals surface area contributed by atoms with Crippen LogP contribution in [0.2, 0.25) is 0 Å². The smallest absolute Gasteiger partial charge is 0.259 e. The van der Waals surface area contributed by atoms with Crippen molar-refractivity contribution in [2.45, 2.75) is 13.5 Å². The van der Waals surface area contributed by atoms with Gasteiger partial charge in [-0.25, -0.2) is 0 Å². The predicted octanol–water partition coefficient (Wildman–Crippen LogP) is 3.65. The second kappa shape index (κ2) is 6.55. The molecule has 3 aromatic rings. The second-order valence-corrected chi connectivity index (χ2v) is 6.19. The molecule has 0 N–H and O–H groups in total. The summed E-state index contributed by atoms with van der Waals surface area (Å²) in [5.74, 6) is 1.61. The standard InChI is InChI=1S/C20H18N2O4/c1-13-18(20(23)22(2)11-14-6-4-3-5-7-14)19(26-21-13)15-8-9-16-17(10-15)25-12-24-16/h3-10H,11-12H2,1-2H3. The van der Waals surface area contributed by atoms with E-state index >= 15 is 0 Å². The lowest BCUT2D eigenvalue weighted by molar-refractivity contribution is 0.0784. The first-order valence-electron chi connectivity index (χ1n) is 8.29. The van der Waals surface area contributed by atoms with E-state index in [0.717, 1.165) is 11.1 Å². The first-order valence-corrected chi connectivity index (χ1v) is 8.29. The first kappa shape index (κ1) is 16.2. The molecule has 0 fully saturated rings. The van der Waals surface area contributed by atoms with Gasteiger partial charge in [0.1, 0.15) is 5.56 Å². The van der Waals surface area contributed by atoms with Gasteiger partial charge in [-0.2, -0.15) is 0 Å². The van der Waals surface area contributed by atoms with E-state index in [4.69, 9.17) is 14.0 Å². The van der Waals surface area contributed by atoms with Crippen molar-refractivity contribution in [3.8, 4) is 22.8 Å². The molecule has 26 heavy (non-hydrogen) atoms. The molecule has 0 atom stereocenters. The maximum Gasteiger partial charge on any atom is 0.259 e. The summed E-state index contributed by atoms with van der Waals surface area (Å²) in [5.41, 5.74) is 2.80. The molecule has 6 nitrogen and oxygen atoms in total. The zero-order valence-electron chi connectivity index (χ0n) is 14.6. The van der Waals surface area contributed by atoms with Crippen molar-refractivity contribution >= 4 is 5.91 Å². The van der Waals surface area contributed by atoms with E-state index in [9.17, 15) is 4.79 Å². The Morgan fingerprint density at radius 1 is 1.12 bits per heavy atom. The third-order valence-corrected chi connectivity index (χ3v) is 4.32. The number of hydrogen-bond donors (Lipinski definition) is 0. The van der Waals surface area contributed by atoms with Crippen molar-refractivity contribution < 1.29 is 18.8 Å². The largest absolute Gasteiger partial charge is 0.454 e. The lowest BCUT2D eigenvalue weighted by atomic mass is 10.0. The molecule has 0 radical (unpaired) electrons. The van der Waals surface area contributed by atoms with E-state index in [1.54, 1.807) is 31.0 Å². The molecule has 2 heterocycles. The molecule has 132 valence electrons. The average molecular weight is 350 g/mol. The number of ether oxygens (including phenoxy) is 2. The van der Waals surface area contributed by atoms with Gasteiger partial charge in [-0.1, -0.05) is 35.5 Å². The molecule has 0 spiro atoms. The molecule has 1 aliphatic rings. The van der Waals surface area contributed by atoms with Crippen LogP contribution in [0, 0.1) is 6.92 Å². The number of carbonyl (C=O) groups is 1. The molecule has 6 heteroatoms. The molecule has 1 aliphatic heterocycles. The zero-order chi connectivity index (χ0) is 18.1. The highest BCUT2D eigenvalue weighted by molar-refractivity contribution is 6.00. The van der Waals surface area contributed by atoms with Gasteiger partial charge in [0.2, 0.25) is 6.79 Å². The van der Waals surface area contributed by atoms with E-state index < -0.39 is 0 Å². The fourth-order valence-corrected chi connectivity index (χ4v) is 2.98. The quantitative estimate of drug-likeness (QED) is 0.719. The van der Waals surface area contributed by atoms with Crippen molar-refractivity contribution in [3.05, 3.63) is 65.4 Å². The molecule has 0 saturated heterocycles. The Kier molecular flexibility index (Phi) is 4.08. The summed E-state index contributed by atoms with van der Waals surface area (Å²) in [6.07, 6.45) is 0. The third kappa shape index (κ3) is 2.90. The van der Waals surface area contributed by atoms with Gasteiger partial charge >= 0.3 is 0 Å². The van der Waals surface area contributed by atoms with Crippen LogP contribution in [-0.4, -0.2) is 29.8 Å². The van der Waals surface area contributed by atoms with Crippen molar-refractivity contribution in [3.63, 3.8) is 0 Å². The number of fused-ring (bicyclic) bond motifs is 1. The van der Waals surface area contributed by atoms with Gasteiger partial charge in [0, 0.05) is 19.2 Å². The predicted molar refractivity (Wildman–Crippen MR) is 95.0 cm³/mol. The summed E-state index contributed by atoms with van der Waals surface area (Å²) >= 11 is 0.